The van der Waals surface area contributed by atoms with Gasteiger partial charge in [-0.15, -0.1) is 0 Å². The topological polar surface area (TPSA) is 91.7 Å². The van der Waals surface area contributed by atoms with Gasteiger partial charge < -0.3 is 15.0 Å². The van der Waals surface area contributed by atoms with Crippen LogP contribution in [0.15, 0.2) is 12.7 Å². The zero-order valence-corrected chi connectivity index (χ0v) is 6.11. The summed E-state index contributed by atoms with van der Waals surface area (Å²) in [5.74, 6) is -1.81. The molecule has 11 heavy (non-hydrogen) atoms. The lowest BCUT2D eigenvalue weighted by atomic mass is 10.7. The van der Waals surface area contributed by atoms with Gasteiger partial charge in [-0.25, -0.2) is 4.79 Å². The van der Waals surface area contributed by atoms with Gasteiger partial charge in [-0.2, -0.15) is 0 Å². The minimum atomic E-state index is -0.981. The highest BCUT2D eigenvalue weighted by Gasteiger charge is 1.73. The number of aliphatic carboxylic acids is 2. The van der Waals surface area contributed by atoms with Gasteiger partial charge in [-0.05, 0) is 0 Å². The van der Waals surface area contributed by atoms with Crippen LogP contribution in [0.25, 0.3) is 0 Å². The summed E-state index contributed by atoms with van der Waals surface area (Å²) in [6.45, 7) is 6.04. The minimum Gasteiger partial charge on any atom is -0.481 e. The molecular formula is C6H10O5. The van der Waals surface area contributed by atoms with Crippen molar-refractivity contribution >= 4 is 18.7 Å². The number of carbonyl (C=O) groups excluding carboxylic acids is 1. The molecule has 0 saturated heterocycles. The molecule has 0 heterocycles. The Morgan fingerprint density at radius 1 is 1.27 bits per heavy atom. The Balaban J connectivity index is -0.0000000965. The van der Waals surface area contributed by atoms with Crippen molar-refractivity contribution in [1.82, 2.24) is 0 Å². The van der Waals surface area contributed by atoms with Gasteiger partial charge in [0.15, 0.2) is 0 Å². The Labute approximate surface area is 64.0 Å². The van der Waals surface area contributed by atoms with Crippen LogP contribution in [0.5, 0.6) is 0 Å². The summed E-state index contributed by atoms with van der Waals surface area (Å²) < 4.78 is 0. The predicted molar refractivity (Wildman–Crippen MR) is 38.3 cm³/mol. The molecule has 2 N–H and O–H groups in total. The molecule has 0 spiro atoms. The quantitative estimate of drug-likeness (QED) is 0.536. The van der Waals surface area contributed by atoms with Crippen LogP contribution < -0.4 is 0 Å². The number of carbonyl (C=O) groups is 3. The Bertz CT molecular complexity index is 125. The second-order valence-electron chi connectivity index (χ2n) is 1.06. The summed E-state index contributed by atoms with van der Waals surface area (Å²) in [6.07, 6.45) is 0.833. The lowest BCUT2D eigenvalue weighted by Crippen LogP contribution is -1.82. The molecule has 0 fully saturated rings. The molecule has 0 saturated carbocycles. The summed E-state index contributed by atoms with van der Waals surface area (Å²) in [5, 5.41) is 15.0. The highest BCUT2D eigenvalue weighted by atomic mass is 16.4. The van der Waals surface area contributed by atoms with Crippen molar-refractivity contribution in [1.29, 1.82) is 0 Å². The average molecular weight is 162 g/mol. The first-order valence-corrected chi connectivity index (χ1v) is 2.34. The van der Waals surface area contributed by atoms with Crippen LogP contribution in [0.3, 0.4) is 0 Å². The van der Waals surface area contributed by atoms with Crippen molar-refractivity contribution in [3.05, 3.63) is 12.7 Å². The Kier molecular flexibility index (Phi) is 23.2. The van der Waals surface area contributed by atoms with E-state index in [0.717, 1.165) is 13.0 Å². The van der Waals surface area contributed by atoms with Crippen LogP contribution in [0.1, 0.15) is 6.92 Å². The van der Waals surface area contributed by atoms with E-state index in [2.05, 4.69) is 6.58 Å². The molecule has 0 aromatic heterocycles. The zero-order valence-electron chi connectivity index (χ0n) is 6.11. The summed E-state index contributed by atoms with van der Waals surface area (Å²) in [6, 6.07) is 0. The first kappa shape index (κ1) is 16.2. The molecule has 0 atom stereocenters. The van der Waals surface area contributed by atoms with E-state index >= 15 is 0 Å². The minimum absolute atomic E-state index is 0.833. The number of carboxylic acids is 2. The van der Waals surface area contributed by atoms with Crippen molar-refractivity contribution in [2.45, 2.75) is 6.92 Å². The zero-order chi connectivity index (χ0) is 9.86. The van der Waals surface area contributed by atoms with E-state index in [9.17, 15) is 4.79 Å². The molecular weight excluding hydrogens is 152 g/mol. The molecule has 0 aliphatic heterocycles. The summed E-state index contributed by atoms with van der Waals surface area (Å²) in [7, 11) is 0. The van der Waals surface area contributed by atoms with E-state index in [4.69, 9.17) is 19.8 Å². The van der Waals surface area contributed by atoms with E-state index in [0.29, 0.717) is 0 Å². The second kappa shape index (κ2) is 15.8. The summed E-state index contributed by atoms with van der Waals surface area (Å²) >= 11 is 0. The number of carboxylic acid groups (broad SMARTS) is 2. The third-order valence-electron chi connectivity index (χ3n) is 0.175. The standard InChI is InChI=1S/C3H4O2.C2H4O2.CH2O/c1-2-3(4)5;1-2(3)4;1-2/h2H,1H2,(H,4,5);1H3,(H,3,4);1H2. The third kappa shape index (κ3) is 2750. The lowest BCUT2D eigenvalue weighted by molar-refractivity contribution is -0.134. The fourth-order valence-corrected chi connectivity index (χ4v) is 0. The first-order chi connectivity index (χ1) is 5.00. The third-order valence-corrected chi connectivity index (χ3v) is 0.175. The number of hydrogen-bond acceptors (Lipinski definition) is 3. The Hall–Kier alpha value is -1.65. The molecule has 0 bridgehead atoms. The highest BCUT2D eigenvalue weighted by molar-refractivity contribution is 5.78. The monoisotopic (exact) mass is 162 g/mol. The molecule has 0 rings (SSSR count). The number of hydrogen-bond donors (Lipinski definition) is 2. The van der Waals surface area contributed by atoms with E-state index in [1.807, 2.05) is 6.79 Å². The van der Waals surface area contributed by atoms with Crippen molar-refractivity contribution in [3.63, 3.8) is 0 Å². The fraction of sp³-hybridized carbons (Fsp3) is 0.167. The van der Waals surface area contributed by atoms with Gasteiger partial charge >= 0.3 is 5.97 Å². The van der Waals surface area contributed by atoms with Crippen LogP contribution in [-0.4, -0.2) is 28.9 Å². The fourth-order valence-electron chi connectivity index (χ4n) is 0. The SMILES string of the molecule is C=CC(=O)O.C=O.CC(=O)O. The molecule has 0 aromatic carbocycles. The smallest absolute Gasteiger partial charge is 0.327 e. The van der Waals surface area contributed by atoms with Gasteiger partial charge in [0.25, 0.3) is 5.97 Å². The van der Waals surface area contributed by atoms with Gasteiger partial charge in [-0.3, -0.25) is 4.79 Å². The number of rotatable bonds is 1. The highest BCUT2D eigenvalue weighted by Crippen LogP contribution is 1.54. The van der Waals surface area contributed by atoms with Crippen molar-refractivity contribution in [2.75, 3.05) is 0 Å². The van der Waals surface area contributed by atoms with Gasteiger partial charge in [0.2, 0.25) is 0 Å². The molecule has 64 valence electrons. The second-order valence-corrected chi connectivity index (χ2v) is 1.06. The predicted octanol–water partition coefficient (Wildman–Crippen LogP) is 0.163. The molecule has 0 unspecified atom stereocenters. The van der Waals surface area contributed by atoms with E-state index in [1.54, 1.807) is 0 Å². The van der Waals surface area contributed by atoms with Gasteiger partial charge in [0, 0.05) is 13.0 Å². The summed E-state index contributed by atoms with van der Waals surface area (Å²) in [4.78, 5) is 26.2. The maximum absolute atomic E-state index is 9.25. The van der Waals surface area contributed by atoms with Crippen LogP contribution in [-0.2, 0) is 14.4 Å². The molecule has 5 heteroatoms. The van der Waals surface area contributed by atoms with Gasteiger partial charge in [-0.1, -0.05) is 6.58 Å². The van der Waals surface area contributed by atoms with Gasteiger partial charge in [0.1, 0.15) is 6.79 Å². The normalized spacial score (nSPS) is 5.55. The van der Waals surface area contributed by atoms with Crippen LogP contribution in [0.4, 0.5) is 0 Å². The van der Waals surface area contributed by atoms with Crippen LogP contribution in [0, 0.1) is 0 Å². The molecule has 0 aromatic rings. The summed E-state index contributed by atoms with van der Waals surface area (Å²) in [5.41, 5.74) is 0. The van der Waals surface area contributed by atoms with E-state index < -0.39 is 11.9 Å². The lowest BCUT2D eigenvalue weighted by Gasteiger charge is -1.64. The Morgan fingerprint density at radius 3 is 1.36 bits per heavy atom. The molecule has 0 aliphatic rings. The maximum Gasteiger partial charge on any atom is 0.327 e. The molecule has 0 amide bonds. The van der Waals surface area contributed by atoms with Crippen LogP contribution >= 0.6 is 0 Å². The Morgan fingerprint density at radius 2 is 1.36 bits per heavy atom. The van der Waals surface area contributed by atoms with E-state index in [1.165, 1.54) is 0 Å². The molecule has 0 aliphatic carbocycles. The van der Waals surface area contributed by atoms with E-state index in [-0.39, 0.29) is 0 Å². The first-order valence-electron chi connectivity index (χ1n) is 2.34. The average Bonchev–Trinajstić information content (AvgIpc) is 1.91. The van der Waals surface area contributed by atoms with Crippen molar-refractivity contribution < 1.29 is 24.6 Å². The molecule has 0 radical (unpaired) electrons. The van der Waals surface area contributed by atoms with Gasteiger partial charge in [0.05, 0.1) is 0 Å². The van der Waals surface area contributed by atoms with Crippen LogP contribution in [0.2, 0.25) is 0 Å². The largest absolute Gasteiger partial charge is 0.481 e. The molecule has 5 nitrogen and oxygen atoms in total. The maximum atomic E-state index is 9.25. The van der Waals surface area contributed by atoms with Crippen molar-refractivity contribution in [2.24, 2.45) is 0 Å². The van der Waals surface area contributed by atoms with Crippen molar-refractivity contribution in [3.8, 4) is 0 Å².